The van der Waals surface area contributed by atoms with Crippen molar-refractivity contribution in [2.75, 3.05) is 6.54 Å². The fourth-order valence-corrected chi connectivity index (χ4v) is 7.83. The average molecular weight is 290 g/mol. The van der Waals surface area contributed by atoms with Crippen LogP contribution in [0.4, 0.5) is 0 Å². The molecule has 0 aromatic rings. The van der Waals surface area contributed by atoms with E-state index >= 15 is 0 Å². The molecule has 0 aromatic heterocycles. The molecule has 1 unspecified atom stereocenters. The van der Waals surface area contributed by atoms with Gasteiger partial charge in [-0.2, -0.15) is 0 Å². The summed E-state index contributed by atoms with van der Waals surface area (Å²) in [6.07, 6.45) is 18.1. The van der Waals surface area contributed by atoms with Crippen molar-refractivity contribution in [1.82, 2.24) is 0 Å². The first-order chi connectivity index (χ1) is 10.2. The fourth-order valence-electron chi connectivity index (χ4n) is 7.83. The summed E-state index contributed by atoms with van der Waals surface area (Å²) in [6.45, 7) is 3.56. The molecular formula is C20H35N. The van der Waals surface area contributed by atoms with Crippen LogP contribution in [0.2, 0.25) is 0 Å². The summed E-state index contributed by atoms with van der Waals surface area (Å²) in [4.78, 5) is 0. The second kappa shape index (κ2) is 5.25. The Morgan fingerprint density at radius 1 is 0.857 bits per heavy atom. The summed E-state index contributed by atoms with van der Waals surface area (Å²) in [5.41, 5.74) is 7.50. The molecule has 6 atom stereocenters. The zero-order chi connectivity index (χ0) is 14.5. The van der Waals surface area contributed by atoms with Crippen molar-refractivity contribution in [2.24, 2.45) is 40.2 Å². The van der Waals surface area contributed by atoms with E-state index in [0.717, 1.165) is 30.2 Å². The van der Waals surface area contributed by atoms with Crippen molar-refractivity contribution in [3.8, 4) is 0 Å². The fraction of sp³-hybridized carbons (Fsp3) is 1.00. The smallest absolute Gasteiger partial charge is 0.00718 e. The predicted molar refractivity (Wildman–Crippen MR) is 89.0 cm³/mol. The van der Waals surface area contributed by atoms with Gasteiger partial charge in [-0.05, 0) is 98.8 Å². The summed E-state index contributed by atoms with van der Waals surface area (Å²) in [5.74, 6) is 4.19. The Balaban J connectivity index is 1.66. The minimum Gasteiger partial charge on any atom is -0.330 e. The van der Waals surface area contributed by atoms with E-state index in [0.29, 0.717) is 10.8 Å². The van der Waals surface area contributed by atoms with Crippen molar-refractivity contribution in [1.29, 1.82) is 0 Å². The Bertz CT molecular complexity index is 387. The van der Waals surface area contributed by atoms with Gasteiger partial charge in [-0.1, -0.05) is 26.2 Å². The molecule has 0 radical (unpaired) electrons. The highest BCUT2D eigenvalue weighted by Gasteiger charge is 2.58. The molecule has 4 rings (SSSR count). The van der Waals surface area contributed by atoms with Gasteiger partial charge in [0.2, 0.25) is 0 Å². The molecule has 0 aromatic carbocycles. The van der Waals surface area contributed by atoms with Crippen LogP contribution in [0.15, 0.2) is 0 Å². The summed E-state index contributed by atoms with van der Waals surface area (Å²) in [5, 5.41) is 0. The standard InChI is InChI=1S/C20H35N/c1-19-10-4-6-17(19)16-8-7-15-5-2-3-11-20(15,13-14-21)18(16)9-12-19/h15-18H,2-14,21H2,1H3/t15?,16-,17-,18-,19-,20+/m0/s1. The average Bonchev–Trinajstić information content (AvgIpc) is 2.89. The van der Waals surface area contributed by atoms with Crippen LogP contribution in [0.25, 0.3) is 0 Å². The van der Waals surface area contributed by atoms with Crippen LogP contribution in [-0.2, 0) is 0 Å². The molecule has 0 amide bonds. The highest BCUT2D eigenvalue weighted by molar-refractivity contribution is 5.08. The lowest BCUT2D eigenvalue weighted by molar-refractivity contribution is -0.115. The van der Waals surface area contributed by atoms with E-state index in [2.05, 4.69) is 6.92 Å². The summed E-state index contributed by atoms with van der Waals surface area (Å²) < 4.78 is 0. The SMILES string of the molecule is C[C@@]12CCC[C@H]1[C@@H]1CCC3CCCC[C@]3(CCN)[C@H]1CC2. The van der Waals surface area contributed by atoms with Crippen LogP contribution in [0.1, 0.15) is 84.0 Å². The summed E-state index contributed by atoms with van der Waals surface area (Å²) >= 11 is 0. The molecule has 1 nitrogen and oxygen atoms in total. The molecule has 21 heavy (non-hydrogen) atoms. The number of rotatable bonds is 2. The van der Waals surface area contributed by atoms with Gasteiger partial charge in [0.05, 0.1) is 0 Å². The van der Waals surface area contributed by atoms with Crippen LogP contribution < -0.4 is 5.73 Å². The van der Waals surface area contributed by atoms with Crippen molar-refractivity contribution < 1.29 is 0 Å². The summed E-state index contributed by atoms with van der Waals surface area (Å²) in [6, 6.07) is 0. The van der Waals surface area contributed by atoms with Crippen molar-refractivity contribution in [3.63, 3.8) is 0 Å². The first-order valence-corrected chi connectivity index (χ1v) is 9.90. The van der Waals surface area contributed by atoms with Gasteiger partial charge in [0, 0.05) is 0 Å². The zero-order valence-electron chi connectivity index (χ0n) is 14.1. The number of hydrogen-bond donors (Lipinski definition) is 1. The lowest BCUT2D eigenvalue weighted by Crippen LogP contribution is -2.53. The van der Waals surface area contributed by atoms with Crippen LogP contribution in [0.5, 0.6) is 0 Å². The van der Waals surface area contributed by atoms with Crippen LogP contribution in [0, 0.1) is 34.5 Å². The van der Waals surface area contributed by atoms with E-state index in [1.807, 2.05) is 0 Å². The van der Waals surface area contributed by atoms with Crippen LogP contribution in [-0.4, -0.2) is 6.54 Å². The molecule has 4 aliphatic rings. The molecule has 0 aliphatic heterocycles. The van der Waals surface area contributed by atoms with E-state index < -0.39 is 0 Å². The van der Waals surface area contributed by atoms with Gasteiger partial charge in [-0.15, -0.1) is 0 Å². The third kappa shape index (κ3) is 2.06. The van der Waals surface area contributed by atoms with Crippen LogP contribution >= 0.6 is 0 Å². The third-order valence-electron chi connectivity index (χ3n) is 8.67. The number of fused-ring (bicyclic) bond motifs is 5. The van der Waals surface area contributed by atoms with E-state index in [9.17, 15) is 0 Å². The second-order valence-corrected chi connectivity index (χ2v) is 9.25. The van der Waals surface area contributed by atoms with Gasteiger partial charge in [-0.25, -0.2) is 0 Å². The Morgan fingerprint density at radius 2 is 1.76 bits per heavy atom. The predicted octanol–water partition coefficient (Wildman–Crippen LogP) is 5.14. The van der Waals surface area contributed by atoms with Gasteiger partial charge >= 0.3 is 0 Å². The van der Waals surface area contributed by atoms with Gasteiger partial charge < -0.3 is 5.73 Å². The Hall–Kier alpha value is -0.0400. The maximum absolute atomic E-state index is 6.12. The first kappa shape index (κ1) is 14.5. The lowest BCUT2D eigenvalue weighted by atomic mass is 9.44. The summed E-state index contributed by atoms with van der Waals surface area (Å²) in [7, 11) is 0. The molecule has 4 aliphatic carbocycles. The molecule has 0 saturated heterocycles. The van der Waals surface area contributed by atoms with Crippen LogP contribution in [0.3, 0.4) is 0 Å². The largest absolute Gasteiger partial charge is 0.330 e. The molecule has 2 N–H and O–H groups in total. The zero-order valence-corrected chi connectivity index (χ0v) is 14.1. The minimum atomic E-state index is 0.667. The Kier molecular flexibility index (Phi) is 3.64. The van der Waals surface area contributed by atoms with Gasteiger partial charge in [0.25, 0.3) is 0 Å². The number of hydrogen-bond acceptors (Lipinski definition) is 1. The van der Waals surface area contributed by atoms with E-state index in [4.69, 9.17) is 5.73 Å². The van der Waals surface area contributed by atoms with Crippen molar-refractivity contribution in [3.05, 3.63) is 0 Å². The highest BCUT2D eigenvalue weighted by Crippen LogP contribution is 2.67. The monoisotopic (exact) mass is 289 g/mol. The van der Waals surface area contributed by atoms with Gasteiger partial charge in [0.1, 0.15) is 0 Å². The quantitative estimate of drug-likeness (QED) is 0.748. The second-order valence-electron chi connectivity index (χ2n) is 9.25. The molecule has 4 saturated carbocycles. The normalized spacial score (nSPS) is 52.9. The molecule has 1 heteroatoms. The van der Waals surface area contributed by atoms with Crippen molar-refractivity contribution in [2.45, 2.75) is 84.0 Å². The lowest BCUT2D eigenvalue weighted by Gasteiger charge is -2.61. The maximum atomic E-state index is 6.12. The number of nitrogens with two attached hydrogens (primary N) is 1. The molecule has 120 valence electrons. The Morgan fingerprint density at radius 3 is 2.62 bits per heavy atom. The molecule has 0 spiro atoms. The van der Waals surface area contributed by atoms with Gasteiger partial charge in [-0.3, -0.25) is 0 Å². The molecule has 0 bridgehead atoms. The molecular weight excluding hydrogens is 254 g/mol. The highest BCUT2D eigenvalue weighted by atomic mass is 14.6. The van der Waals surface area contributed by atoms with E-state index in [1.54, 1.807) is 12.8 Å². The molecule has 4 fully saturated rings. The Labute approximate surface area is 131 Å². The van der Waals surface area contributed by atoms with E-state index in [-0.39, 0.29) is 0 Å². The third-order valence-corrected chi connectivity index (χ3v) is 8.67. The topological polar surface area (TPSA) is 26.0 Å². The van der Waals surface area contributed by atoms with Crippen molar-refractivity contribution >= 4 is 0 Å². The first-order valence-electron chi connectivity index (χ1n) is 9.90. The van der Waals surface area contributed by atoms with Gasteiger partial charge in [0.15, 0.2) is 0 Å². The molecule has 0 heterocycles. The maximum Gasteiger partial charge on any atom is -0.00718 e. The van der Waals surface area contributed by atoms with E-state index in [1.165, 1.54) is 64.2 Å². The minimum absolute atomic E-state index is 0.667.